The van der Waals surface area contributed by atoms with Gasteiger partial charge in [-0.15, -0.1) is 0 Å². The zero-order valence-corrected chi connectivity index (χ0v) is 8.70. The van der Waals surface area contributed by atoms with Crippen molar-refractivity contribution in [3.8, 4) is 0 Å². The molecule has 0 saturated carbocycles. The van der Waals surface area contributed by atoms with Crippen LogP contribution in [0.5, 0.6) is 0 Å². The van der Waals surface area contributed by atoms with E-state index >= 15 is 0 Å². The van der Waals surface area contributed by atoms with Crippen molar-refractivity contribution >= 4 is 11.8 Å². The average Bonchev–Trinajstić information content (AvgIpc) is 2.21. The lowest BCUT2D eigenvalue weighted by Gasteiger charge is -2.04. The first-order chi connectivity index (χ1) is 7.59. The minimum Gasteiger partial charge on any atom is -0.370 e. The Morgan fingerprint density at radius 3 is 2.62 bits per heavy atom. The SMILES string of the molecule is NC(=O)CCNC(=O)Cc1ccccc1F. The van der Waals surface area contributed by atoms with Crippen LogP contribution in [0.25, 0.3) is 0 Å². The van der Waals surface area contributed by atoms with E-state index < -0.39 is 11.7 Å². The fourth-order valence-corrected chi connectivity index (χ4v) is 1.20. The maximum atomic E-state index is 13.1. The number of carbonyl (C=O) groups excluding carboxylic acids is 2. The smallest absolute Gasteiger partial charge is 0.224 e. The van der Waals surface area contributed by atoms with Crippen molar-refractivity contribution in [2.75, 3.05) is 6.54 Å². The summed E-state index contributed by atoms with van der Waals surface area (Å²) in [5, 5.41) is 2.48. The highest BCUT2D eigenvalue weighted by atomic mass is 19.1. The first kappa shape index (κ1) is 12.2. The molecule has 5 heteroatoms. The van der Waals surface area contributed by atoms with Crippen molar-refractivity contribution < 1.29 is 14.0 Å². The van der Waals surface area contributed by atoms with Gasteiger partial charge in [0.15, 0.2) is 0 Å². The summed E-state index contributed by atoms with van der Waals surface area (Å²) in [5.74, 6) is -1.22. The number of halogens is 1. The van der Waals surface area contributed by atoms with Gasteiger partial charge in [0.05, 0.1) is 6.42 Å². The lowest BCUT2D eigenvalue weighted by atomic mass is 10.1. The molecule has 0 spiro atoms. The third-order valence-electron chi connectivity index (χ3n) is 2.00. The molecule has 0 aliphatic carbocycles. The van der Waals surface area contributed by atoms with Gasteiger partial charge in [-0.3, -0.25) is 9.59 Å². The fourth-order valence-electron chi connectivity index (χ4n) is 1.20. The predicted octanol–water partition coefficient (Wildman–Crippen LogP) is 0.360. The Bertz CT molecular complexity index is 393. The molecular formula is C11H13FN2O2. The number of carbonyl (C=O) groups is 2. The molecule has 86 valence electrons. The van der Waals surface area contributed by atoms with Crippen LogP contribution in [0.15, 0.2) is 24.3 Å². The van der Waals surface area contributed by atoms with Crippen LogP contribution >= 0.6 is 0 Å². The van der Waals surface area contributed by atoms with Gasteiger partial charge in [-0.05, 0) is 11.6 Å². The summed E-state index contributed by atoms with van der Waals surface area (Å²) in [4.78, 5) is 21.7. The average molecular weight is 224 g/mol. The minimum atomic E-state index is -0.480. The summed E-state index contributed by atoms with van der Waals surface area (Å²) in [6, 6.07) is 6.06. The molecule has 0 aliphatic rings. The lowest BCUT2D eigenvalue weighted by molar-refractivity contribution is -0.120. The first-order valence-electron chi connectivity index (χ1n) is 4.88. The number of amides is 2. The maximum absolute atomic E-state index is 13.1. The molecule has 0 fully saturated rings. The Morgan fingerprint density at radius 1 is 1.31 bits per heavy atom. The van der Waals surface area contributed by atoms with E-state index in [4.69, 9.17) is 5.73 Å². The fraction of sp³-hybridized carbons (Fsp3) is 0.273. The topological polar surface area (TPSA) is 72.2 Å². The Kier molecular flexibility index (Phi) is 4.44. The van der Waals surface area contributed by atoms with Crippen LogP contribution in [0.3, 0.4) is 0 Å². The van der Waals surface area contributed by atoms with Gasteiger partial charge >= 0.3 is 0 Å². The molecule has 1 aromatic carbocycles. The molecule has 0 bridgehead atoms. The Labute approximate surface area is 92.6 Å². The molecule has 1 rings (SSSR count). The molecule has 1 aromatic rings. The van der Waals surface area contributed by atoms with E-state index in [9.17, 15) is 14.0 Å². The molecule has 0 aliphatic heterocycles. The summed E-state index contributed by atoms with van der Waals surface area (Å²) >= 11 is 0. The van der Waals surface area contributed by atoms with E-state index in [1.165, 1.54) is 6.07 Å². The van der Waals surface area contributed by atoms with E-state index in [2.05, 4.69) is 5.32 Å². The third-order valence-corrected chi connectivity index (χ3v) is 2.00. The van der Waals surface area contributed by atoms with Crippen LogP contribution in [-0.4, -0.2) is 18.4 Å². The van der Waals surface area contributed by atoms with Gasteiger partial charge in [-0.1, -0.05) is 18.2 Å². The highest BCUT2D eigenvalue weighted by molar-refractivity contribution is 5.79. The van der Waals surface area contributed by atoms with Gasteiger partial charge in [-0.2, -0.15) is 0 Å². The molecule has 0 radical (unpaired) electrons. The molecule has 2 amide bonds. The molecule has 0 heterocycles. The van der Waals surface area contributed by atoms with Crippen molar-refractivity contribution in [1.82, 2.24) is 5.32 Å². The first-order valence-corrected chi connectivity index (χ1v) is 4.88. The van der Waals surface area contributed by atoms with Gasteiger partial charge in [-0.25, -0.2) is 4.39 Å². The van der Waals surface area contributed by atoms with Gasteiger partial charge < -0.3 is 11.1 Å². The molecule has 4 nitrogen and oxygen atoms in total. The zero-order valence-electron chi connectivity index (χ0n) is 8.70. The van der Waals surface area contributed by atoms with E-state index in [-0.39, 0.29) is 25.3 Å². The van der Waals surface area contributed by atoms with Gasteiger partial charge in [0, 0.05) is 13.0 Å². The second-order valence-electron chi connectivity index (χ2n) is 3.33. The van der Waals surface area contributed by atoms with Gasteiger partial charge in [0.25, 0.3) is 0 Å². The van der Waals surface area contributed by atoms with Crippen molar-refractivity contribution in [2.24, 2.45) is 5.73 Å². The highest BCUT2D eigenvalue weighted by Crippen LogP contribution is 2.06. The van der Waals surface area contributed by atoms with Crippen LogP contribution < -0.4 is 11.1 Å². The predicted molar refractivity (Wildman–Crippen MR) is 56.9 cm³/mol. The Hall–Kier alpha value is -1.91. The monoisotopic (exact) mass is 224 g/mol. The van der Waals surface area contributed by atoms with Crippen molar-refractivity contribution in [3.63, 3.8) is 0 Å². The largest absolute Gasteiger partial charge is 0.370 e. The van der Waals surface area contributed by atoms with Gasteiger partial charge in [0.2, 0.25) is 11.8 Å². The van der Waals surface area contributed by atoms with Crippen LogP contribution in [0.1, 0.15) is 12.0 Å². The van der Waals surface area contributed by atoms with E-state index in [0.29, 0.717) is 5.56 Å². The number of hydrogen-bond acceptors (Lipinski definition) is 2. The summed E-state index contributed by atoms with van der Waals surface area (Å²) in [5.41, 5.74) is 5.24. The van der Waals surface area contributed by atoms with Crippen molar-refractivity contribution in [1.29, 1.82) is 0 Å². The zero-order chi connectivity index (χ0) is 12.0. The molecule has 16 heavy (non-hydrogen) atoms. The quantitative estimate of drug-likeness (QED) is 0.758. The standard InChI is InChI=1S/C11H13FN2O2/c12-9-4-2-1-3-8(9)7-11(16)14-6-5-10(13)15/h1-4H,5-7H2,(H2,13,15)(H,14,16). The highest BCUT2D eigenvalue weighted by Gasteiger charge is 2.07. The molecule has 0 aromatic heterocycles. The number of nitrogens with one attached hydrogen (secondary N) is 1. The Morgan fingerprint density at radius 2 is 2.00 bits per heavy atom. The number of hydrogen-bond donors (Lipinski definition) is 2. The normalized spacial score (nSPS) is 9.81. The van der Waals surface area contributed by atoms with E-state index in [1.807, 2.05) is 0 Å². The molecular weight excluding hydrogens is 211 g/mol. The molecule has 3 N–H and O–H groups in total. The second kappa shape index (κ2) is 5.85. The van der Waals surface area contributed by atoms with Crippen molar-refractivity contribution in [2.45, 2.75) is 12.8 Å². The summed E-state index contributed by atoms with van der Waals surface area (Å²) < 4.78 is 13.1. The number of benzene rings is 1. The molecule has 0 saturated heterocycles. The van der Waals surface area contributed by atoms with E-state index in [0.717, 1.165) is 0 Å². The second-order valence-corrected chi connectivity index (χ2v) is 3.33. The number of primary amides is 1. The van der Waals surface area contributed by atoms with Crippen LogP contribution in [0.2, 0.25) is 0 Å². The Balaban J connectivity index is 2.40. The van der Waals surface area contributed by atoms with Crippen LogP contribution in [-0.2, 0) is 16.0 Å². The maximum Gasteiger partial charge on any atom is 0.224 e. The summed E-state index contributed by atoms with van der Waals surface area (Å²) in [7, 11) is 0. The van der Waals surface area contributed by atoms with Gasteiger partial charge in [0.1, 0.15) is 5.82 Å². The van der Waals surface area contributed by atoms with E-state index in [1.54, 1.807) is 18.2 Å². The molecule has 0 atom stereocenters. The lowest BCUT2D eigenvalue weighted by Crippen LogP contribution is -2.29. The minimum absolute atomic E-state index is 0.0363. The van der Waals surface area contributed by atoms with Crippen LogP contribution in [0, 0.1) is 5.82 Å². The van der Waals surface area contributed by atoms with Crippen LogP contribution in [0.4, 0.5) is 4.39 Å². The summed E-state index contributed by atoms with van der Waals surface area (Å²) in [6.45, 7) is 0.183. The number of rotatable bonds is 5. The number of nitrogens with two attached hydrogens (primary N) is 1. The van der Waals surface area contributed by atoms with Crippen molar-refractivity contribution in [3.05, 3.63) is 35.6 Å². The summed E-state index contributed by atoms with van der Waals surface area (Å²) in [6.07, 6.45) is 0.0500. The molecule has 0 unspecified atom stereocenters. The third kappa shape index (κ3) is 4.08.